The molecule has 0 fully saturated rings. The standard InChI is InChI=1S/C19H16Cl2N8O2/c20-11-1-2-12(13(21)8-11)14-9-16-24-5-6-28(16)19(26-14)25-4-3-10-7-15(22)27-18(23)17(10)29(30)31/h1-2,5-9H,3-4H2,(H,25,26)(H4,22,23,27). The number of benzene rings is 1. The van der Waals surface area contributed by atoms with Gasteiger partial charge in [-0.1, -0.05) is 23.2 Å². The molecule has 0 spiro atoms. The van der Waals surface area contributed by atoms with Gasteiger partial charge in [-0.3, -0.25) is 14.5 Å². The van der Waals surface area contributed by atoms with E-state index >= 15 is 0 Å². The van der Waals surface area contributed by atoms with Crippen molar-refractivity contribution in [1.29, 1.82) is 0 Å². The van der Waals surface area contributed by atoms with Crippen molar-refractivity contribution in [1.82, 2.24) is 19.4 Å². The number of hydrogen-bond donors (Lipinski definition) is 3. The number of fused-ring (bicyclic) bond motifs is 1. The number of nitrogens with zero attached hydrogens (tertiary/aromatic N) is 5. The molecule has 0 aliphatic rings. The molecule has 31 heavy (non-hydrogen) atoms. The van der Waals surface area contributed by atoms with E-state index < -0.39 is 4.92 Å². The first kappa shape index (κ1) is 20.6. The topological polar surface area (TPSA) is 150 Å². The van der Waals surface area contributed by atoms with Crippen LogP contribution in [0.25, 0.3) is 16.9 Å². The van der Waals surface area contributed by atoms with E-state index in [9.17, 15) is 10.1 Å². The largest absolute Gasteiger partial charge is 0.384 e. The molecule has 0 atom stereocenters. The molecule has 0 amide bonds. The van der Waals surface area contributed by atoms with E-state index in [1.807, 2.05) is 0 Å². The SMILES string of the molecule is Nc1cc(CCNc2nc(-c3ccc(Cl)cc3Cl)cc3nccn23)c([N+](=O)[O-])c(N)n1. The maximum absolute atomic E-state index is 11.4. The van der Waals surface area contributed by atoms with Gasteiger partial charge in [-0.2, -0.15) is 0 Å². The van der Waals surface area contributed by atoms with Crippen molar-refractivity contribution in [2.24, 2.45) is 0 Å². The van der Waals surface area contributed by atoms with Crippen LogP contribution in [0.3, 0.4) is 0 Å². The Morgan fingerprint density at radius 1 is 1.16 bits per heavy atom. The molecule has 0 radical (unpaired) electrons. The smallest absolute Gasteiger partial charge is 0.314 e. The third-order valence-electron chi connectivity index (χ3n) is 4.58. The zero-order valence-corrected chi connectivity index (χ0v) is 17.4. The minimum absolute atomic E-state index is 0.118. The molecular weight excluding hydrogens is 443 g/mol. The predicted octanol–water partition coefficient (Wildman–Crippen LogP) is 3.83. The molecule has 0 aliphatic heterocycles. The summed E-state index contributed by atoms with van der Waals surface area (Å²) in [4.78, 5) is 23.5. The number of rotatable bonds is 6. The Morgan fingerprint density at radius 3 is 2.71 bits per heavy atom. The van der Waals surface area contributed by atoms with E-state index in [1.165, 1.54) is 6.07 Å². The highest BCUT2D eigenvalue weighted by Crippen LogP contribution is 2.31. The van der Waals surface area contributed by atoms with Crippen LogP contribution in [0.5, 0.6) is 0 Å². The Morgan fingerprint density at radius 2 is 1.97 bits per heavy atom. The number of nitrogen functional groups attached to an aromatic ring is 2. The monoisotopic (exact) mass is 458 g/mol. The lowest BCUT2D eigenvalue weighted by Gasteiger charge is -2.12. The maximum atomic E-state index is 11.4. The van der Waals surface area contributed by atoms with Gasteiger partial charge in [-0.25, -0.2) is 15.0 Å². The minimum atomic E-state index is -0.563. The summed E-state index contributed by atoms with van der Waals surface area (Å²) in [6.07, 6.45) is 3.67. The van der Waals surface area contributed by atoms with Crippen LogP contribution in [0, 0.1) is 10.1 Å². The molecule has 1 aromatic carbocycles. The number of anilines is 3. The Hall–Kier alpha value is -3.63. The van der Waals surface area contributed by atoms with Gasteiger partial charge in [0, 0.05) is 41.2 Å². The summed E-state index contributed by atoms with van der Waals surface area (Å²) in [5.74, 6) is 0.399. The van der Waals surface area contributed by atoms with Crippen LogP contribution in [0.15, 0.2) is 42.7 Å². The van der Waals surface area contributed by atoms with Crippen molar-refractivity contribution < 1.29 is 4.92 Å². The lowest BCUT2D eigenvalue weighted by Crippen LogP contribution is -2.13. The quantitative estimate of drug-likeness (QED) is 0.291. The number of halogens is 2. The van der Waals surface area contributed by atoms with Gasteiger partial charge >= 0.3 is 5.69 Å². The number of imidazole rings is 1. The second-order valence-electron chi connectivity index (χ2n) is 6.62. The van der Waals surface area contributed by atoms with Crippen LogP contribution in [0.2, 0.25) is 10.0 Å². The molecule has 0 saturated carbocycles. The van der Waals surface area contributed by atoms with Crippen molar-refractivity contribution in [3.05, 3.63) is 68.4 Å². The van der Waals surface area contributed by atoms with E-state index in [1.54, 1.807) is 41.1 Å². The fourth-order valence-electron chi connectivity index (χ4n) is 3.23. The van der Waals surface area contributed by atoms with E-state index in [0.717, 1.165) is 0 Å². The number of nitrogens with one attached hydrogen (secondary N) is 1. The Labute approximate surface area is 186 Å². The molecule has 12 heteroatoms. The second-order valence-corrected chi connectivity index (χ2v) is 7.46. The van der Waals surface area contributed by atoms with Gasteiger partial charge in [0.25, 0.3) is 0 Å². The maximum Gasteiger partial charge on any atom is 0.314 e. The summed E-state index contributed by atoms with van der Waals surface area (Å²) in [5.41, 5.74) is 13.5. The molecule has 4 aromatic rings. The zero-order valence-electron chi connectivity index (χ0n) is 15.9. The highest BCUT2D eigenvalue weighted by molar-refractivity contribution is 6.36. The molecule has 0 saturated heterocycles. The number of nitro groups is 1. The Bertz CT molecular complexity index is 1310. The average Bonchev–Trinajstić information content (AvgIpc) is 3.16. The Balaban J connectivity index is 1.64. The fraction of sp³-hybridized carbons (Fsp3) is 0.105. The van der Waals surface area contributed by atoms with E-state index in [0.29, 0.717) is 45.0 Å². The molecule has 4 rings (SSSR count). The van der Waals surface area contributed by atoms with Crippen LogP contribution in [-0.4, -0.2) is 30.8 Å². The third-order valence-corrected chi connectivity index (χ3v) is 5.12. The zero-order chi connectivity index (χ0) is 22.1. The highest BCUT2D eigenvalue weighted by atomic mass is 35.5. The molecule has 0 aliphatic carbocycles. The first-order valence-corrected chi connectivity index (χ1v) is 9.81. The van der Waals surface area contributed by atoms with Gasteiger partial charge < -0.3 is 16.8 Å². The normalized spacial score (nSPS) is 11.0. The summed E-state index contributed by atoms with van der Waals surface area (Å²) in [6.45, 7) is 0.321. The number of hydrogen-bond acceptors (Lipinski definition) is 8. The highest BCUT2D eigenvalue weighted by Gasteiger charge is 2.20. The van der Waals surface area contributed by atoms with Crippen molar-refractivity contribution in [3.63, 3.8) is 0 Å². The average molecular weight is 459 g/mol. The first-order chi connectivity index (χ1) is 14.8. The Kier molecular flexibility index (Phi) is 5.49. The fourth-order valence-corrected chi connectivity index (χ4v) is 3.73. The summed E-state index contributed by atoms with van der Waals surface area (Å²) < 4.78 is 1.76. The molecule has 5 N–H and O–H groups in total. The van der Waals surface area contributed by atoms with Crippen LogP contribution in [0.1, 0.15) is 5.56 Å². The van der Waals surface area contributed by atoms with Crippen molar-refractivity contribution in [2.75, 3.05) is 23.3 Å². The third kappa shape index (κ3) is 4.16. The molecule has 0 bridgehead atoms. The van der Waals surface area contributed by atoms with E-state index in [4.69, 9.17) is 34.7 Å². The van der Waals surface area contributed by atoms with E-state index in [2.05, 4.69) is 20.3 Å². The number of pyridine rings is 1. The molecule has 0 unspecified atom stereocenters. The number of nitrogens with two attached hydrogens (primary N) is 2. The van der Waals surface area contributed by atoms with Gasteiger partial charge in [-0.05, 0) is 30.7 Å². The summed E-state index contributed by atoms with van der Waals surface area (Å²) in [7, 11) is 0. The minimum Gasteiger partial charge on any atom is -0.384 e. The van der Waals surface area contributed by atoms with Crippen LogP contribution in [-0.2, 0) is 6.42 Å². The molecule has 3 heterocycles. The van der Waals surface area contributed by atoms with Gasteiger partial charge in [0.15, 0.2) is 0 Å². The van der Waals surface area contributed by atoms with Gasteiger partial charge in [0.1, 0.15) is 11.5 Å². The molecule has 158 valence electrons. The summed E-state index contributed by atoms with van der Waals surface area (Å²) in [5, 5.41) is 15.5. The lowest BCUT2D eigenvalue weighted by molar-refractivity contribution is -0.384. The van der Waals surface area contributed by atoms with Crippen LogP contribution < -0.4 is 16.8 Å². The predicted molar refractivity (Wildman–Crippen MR) is 120 cm³/mol. The summed E-state index contributed by atoms with van der Waals surface area (Å²) >= 11 is 12.3. The van der Waals surface area contributed by atoms with Crippen molar-refractivity contribution in [3.8, 4) is 11.3 Å². The summed E-state index contributed by atoms with van der Waals surface area (Å²) in [6, 6.07) is 8.39. The lowest BCUT2D eigenvalue weighted by atomic mass is 10.1. The molecule has 10 nitrogen and oxygen atoms in total. The molecular formula is C19H16Cl2N8O2. The van der Waals surface area contributed by atoms with Gasteiger partial charge in [0.2, 0.25) is 11.8 Å². The first-order valence-electron chi connectivity index (χ1n) is 9.06. The van der Waals surface area contributed by atoms with Gasteiger partial charge in [-0.15, -0.1) is 0 Å². The van der Waals surface area contributed by atoms with Gasteiger partial charge in [0.05, 0.1) is 15.6 Å². The van der Waals surface area contributed by atoms with Crippen molar-refractivity contribution in [2.45, 2.75) is 6.42 Å². The van der Waals surface area contributed by atoms with Crippen LogP contribution in [0.4, 0.5) is 23.3 Å². The second kappa shape index (κ2) is 8.25. The molecule has 3 aromatic heterocycles. The van der Waals surface area contributed by atoms with Crippen molar-refractivity contribution >= 4 is 52.1 Å². The van der Waals surface area contributed by atoms with Crippen LogP contribution >= 0.6 is 23.2 Å². The van der Waals surface area contributed by atoms with E-state index in [-0.39, 0.29) is 23.7 Å². The number of aromatic nitrogens is 4.